The Morgan fingerprint density at radius 1 is 1.38 bits per heavy atom. The number of nitrogens with one attached hydrogen (secondary N) is 1. The van der Waals surface area contributed by atoms with Crippen LogP contribution in [0.5, 0.6) is 0 Å². The van der Waals surface area contributed by atoms with Gasteiger partial charge in [-0.3, -0.25) is 14.5 Å². The van der Waals surface area contributed by atoms with Crippen LogP contribution in [0.15, 0.2) is 29.1 Å². The minimum Gasteiger partial charge on any atom is -0.466 e. The summed E-state index contributed by atoms with van der Waals surface area (Å²) < 4.78 is 4.87. The van der Waals surface area contributed by atoms with Crippen LogP contribution >= 0.6 is 0 Å². The van der Waals surface area contributed by atoms with Crippen molar-refractivity contribution in [3.8, 4) is 0 Å². The van der Waals surface area contributed by atoms with E-state index >= 15 is 0 Å². The fraction of sp³-hybridized carbons (Fsp3) is 0.400. The highest BCUT2D eigenvalue weighted by Gasteiger charge is 2.10. The zero-order valence-electron chi connectivity index (χ0n) is 12.3. The van der Waals surface area contributed by atoms with Gasteiger partial charge in [0.05, 0.1) is 24.1 Å². The van der Waals surface area contributed by atoms with Crippen LogP contribution < -0.4 is 5.56 Å². The summed E-state index contributed by atoms with van der Waals surface area (Å²) in [7, 11) is 1.84. The quantitative estimate of drug-likeness (QED) is 0.811. The second-order valence-electron chi connectivity index (χ2n) is 4.82. The lowest BCUT2D eigenvalue weighted by Crippen LogP contribution is -2.27. The molecule has 6 heteroatoms. The molecule has 0 aliphatic carbocycles. The van der Waals surface area contributed by atoms with E-state index in [4.69, 9.17) is 4.74 Å². The maximum Gasteiger partial charge on any atom is 0.307 e. The molecule has 21 heavy (non-hydrogen) atoms. The third kappa shape index (κ3) is 4.13. The van der Waals surface area contributed by atoms with Crippen molar-refractivity contribution >= 4 is 17.0 Å². The van der Waals surface area contributed by atoms with Crippen molar-refractivity contribution in [2.24, 2.45) is 0 Å². The summed E-state index contributed by atoms with van der Waals surface area (Å²) in [4.78, 5) is 32.3. The molecule has 1 heterocycles. The predicted molar refractivity (Wildman–Crippen MR) is 79.9 cm³/mol. The molecule has 2 rings (SSSR count). The number of rotatable bonds is 6. The van der Waals surface area contributed by atoms with Crippen molar-refractivity contribution in [2.45, 2.75) is 19.9 Å². The van der Waals surface area contributed by atoms with E-state index in [0.717, 1.165) is 11.0 Å². The van der Waals surface area contributed by atoms with Crippen LogP contribution in [0.4, 0.5) is 0 Å². The molecule has 0 radical (unpaired) electrons. The van der Waals surface area contributed by atoms with Crippen LogP contribution in [-0.4, -0.2) is 41.0 Å². The van der Waals surface area contributed by atoms with Gasteiger partial charge >= 0.3 is 5.97 Å². The molecule has 0 atom stereocenters. The van der Waals surface area contributed by atoms with Crippen LogP contribution in [0.3, 0.4) is 0 Å². The van der Waals surface area contributed by atoms with Gasteiger partial charge in [0.15, 0.2) is 0 Å². The molecule has 2 aromatic rings. The Bertz CT molecular complexity index is 681. The molecule has 0 aliphatic heterocycles. The Morgan fingerprint density at radius 3 is 2.90 bits per heavy atom. The van der Waals surface area contributed by atoms with Crippen molar-refractivity contribution in [3.05, 3.63) is 40.3 Å². The molecule has 0 saturated carbocycles. The van der Waals surface area contributed by atoms with Gasteiger partial charge in [-0.25, -0.2) is 4.98 Å². The number of carbonyl (C=O) groups excluding carboxylic acids is 1. The number of carbonyl (C=O) groups is 1. The zero-order chi connectivity index (χ0) is 15.2. The summed E-state index contributed by atoms with van der Waals surface area (Å²) in [5.74, 6) is -0.232. The largest absolute Gasteiger partial charge is 0.466 e. The molecule has 0 aliphatic rings. The third-order valence-electron chi connectivity index (χ3n) is 3.09. The molecule has 0 amide bonds. The van der Waals surface area contributed by atoms with E-state index in [1.54, 1.807) is 6.92 Å². The second kappa shape index (κ2) is 6.99. The molecular weight excluding hydrogens is 270 g/mol. The molecule has 0 fully saturated rings. The molecule has 0 bridgehead atoms. The second-order valence-corrected chi connectivity index (χ2v) is 4.82. The number of benzene rings is 1. The van der Waals surface area contributed by atoms with Crippen molar-refractivity contribution in [3.63, 3.8) is 0 Å². The number of aromatic nitrogens is 2. The van der Waals surface area contributed by atoms with E-state index in [-0.39, 0.29) is 11.5 Å². The first-order chi connectivity index (χ1) is 10.1. The van der Waals surface area contributed by atoms with E-state index < -0.39 is 0 Å². The molecular formula is C15H19N3O3. The lowest BCUT2D eigenvalue weighted by molar-refractivity contribution is -0.143. The van der Waals surface area contributed by atoms with Gasteiger partial charge in [0.2, 0.25) is 0 Å². The first kappa shape index (κ1) is 15.2. The molecule has 1 aromatic carbocycles. The minimum atomic E-state index is -0.232. The third-order valence-corrected chi connectivity index (χ3v) is 3.09. The molecule has 1 aromatic heterocycles. The molecule has 6 nitrogen and oxygen atoms in total. The maximum absolute atomic E-state index is 12.0. The van der Waals surface area contributed by atoms with E-state index in [0.29, 0.717) is 31.8 Å². The first-order valence-electron chi connectivity index (χ1n) is 6.92. The normalized spacial score (nSPS) is 11.0. The van der Waals surface area contributed by atoms with Gasteiger partial charge in [0, 0.05) is 13.1 Å². The Balaban J connectivity index is 2.03. The standard InChI is InChI=1S/C15H19N3O3/c1-3-21-14(19)8-9-18(2)10-13-15(20)17-12-7-5-4-6-11(12)16-13/h4-7H,3,8-10H2,1-2H3,(H,17,20). The van der Waals surface area contributed by atoms with Crippen molar-refractivity contribution < 1.29 is 9.53 Å². The Hall–Kier alpha value is -2.21. The average molecular weight is 289 g/mol. The van der Waals surface area contributed by atoms with Crippen LogP contribution in [-0.2, 0) is 16.1 Å². The fourth-order valence-electron chi connectivity index (χ4n) is 2.02. The van der Waals surface area contributed by atoms with E-state index in [1.165, 1.54) is 0 Å². The predicted octanol–water partition coefficient (Wildman–Crippen LogP) is 1.31. The zero-order valence-corrected chi connectivity index (χ0v) is 12.3. The molecule has 1 N–H and O–H groups in total. The Kier molecular flexibility index (Phi) is 5.05. The van der Waals surface area contributed by atoms with E-state index in [2.05, 4.69) is 9.97 Å². The van der Waals surface area contributed by atoms with Crippen LogP contribution in [0, 0.1) is 0 Å². The maximum atomic E-state index is 12.0. The number of fused-ring (bicyclic) bond motifs is 1. The van der Waals surface area contributed by atoms with Gasteiger partial charge in [0.1, 0.15) is 5.69 Å². The van der Waals surface area contributed by atoms with Crippen LogP contribution in [0.25, 0.3) is 11.0 Å². The minimum absolute atomic E-state index is 0.198. The monoisotopic (exact) mass is 289 g/mol. The number of para-hydroxylation sites is 2. The van der Waals surface area contributed by atoms with Crippen LogP contribution in [0.1, 0.15) is 19.0 Å². The Labute approximate surface area is 122 Å². The lowest BCUT2D eigenvalue weighted by atomic mass is 10.3. The number of H-pyrrole nitrogens is 1. The summed E-state index contributed by atoms with van der Waals surface area (Å²) in [6, 6.07) is 7.40. The Morgan fingerprint density at radius 2 is 2.14 bits per heavy atom. The number of hydrogen-bond donors (Lipinski definition) is 1. The number of esters is 1. The number of aromatic amines is 1. The molecule has 0 saturated heterocycles. The molecule has 0 unspecified atom stereocenters. The number of ether oxygens (including phenoxy) is 1. The van der Waals surface area contributed by atoms with Gasteiger partial charge in [-0.1, -0.05) is 12.1 Å². The van der Waals surface area contributed by atoms with E-state index in [9.17, 15) is 9.59 Å². The van der Waals surface area contributed by atoms with Gasteiger partial charge in [-0.2, -0.15) is 0 Å². The smallest absolute Gasteiger partial charge is 0.307 e. The number of hydrogen-bond acceptors (Lipinski definition) is 5. The highest BCUT2D eigenvalue weighted by molar-refractivity contribution is 5.73. The SMILES string of the molecule is CCOC(=O)CCN(C)Cc1nc2ccccc2[nH]c1=O. The van der Waals surface area contributed by atoms with Gasteiger partial charge in [-0.05, 0) is 26.1 Å². The van der Waals surface area contributed by atoms with Gasteiger partial charge in [0.25, 0.3) is 5.56 Å². The highest BCUT2D eigenvalue weighted by atomic mass is 16.5. The van der Waals surface area contributed by atoms with Crippen molar-refractivity contribution in [1.29, 1.82) is 0 Å². The summed E-state index contributed by atoms with van der Waals surface area (Å²) in [6.07, 6.45) is 0.301. The summed E-state index contributed by atoms with van der Waals surface area (Å²) in [5.41, 5.74) is 1.73. The lowest BCUT2D eigenvalue weighted by Gasteiger charge is -2.15. The highest BCUT2D eigenvalue weighted by Crippen LogP contribution is 2.07. The van der Waals surface area contributed by atoms with Crippen LogP contribution in [0.2, 0.25) is 0 Å². The first-order valence-corrected chi connectivity index (χ1v) is 6.92. The van der Waals surface area contributed by atoms with Crippen molar-refractivity contribution in [1.82, 2.24) is 14.9 Å². The molecule has 112 valence electrons. The molecule has 0 spiro atoms. The summed E-state index contributed by atoms with van der Waals surface area (Å²) >= 11 is 0. The van der Waals surface area contributed by atoms with E-state index in [1.807, 2.05) is 36.2 Å². The average Bonchev–Trinajstić information content (AvgIpc) is 2.46. The fourth-order valence-corrected chi connectivity index (χ4v) is 2.02. The number of nitrogens with zero attached hydrogens (tertiary/aromatic N) is 2. The van der Waals surface area contributed by atoms with Gasteiger partial charge in [-0.15, -0.1) is 0 Å². The topological polar surface area (TPSA) is 75.3 Å². The summed E-state index contributed by atoms with van der Waals surface area (Å²) in [5, 5.41) is 0. The van der Waals surface area contributed by atoms with Gasteiger partial charge < -0.3 is 9.72 Å². The summed E-state index contributed by atoms with van der Waals surface area (Å²) in [6.45, 7) is 3.07. The van der Waals surface area contributed by atoms with Crippen molar-refractivity contribution in [2.75, 3.05) is 20.2 Å².